The van der Waals surface area contributed by atoms with Crippen molar-refractivity contribution < 1.29 is 4.74 Å². The Kier molecular flexibility index (Phi) is 4.48. The van der Waals surface area contributed by atoms with Crippen molar-refractivity contribution in [3.8, 4) is 0 Å². The summed E-state index contributed by atoms with van der Waals surface area (Å²) in [6, 6.07) is 5.97. The van der Waals surface area contributed by atoms with Crippen molar-refractivity contribution >= 4 is 33.5 Å². The number of aliphatic imine (C=N–C) groups is 1. The van der Waals surface area contributed by atoms with Crippen LogP contribution in [-0.2, 0) is 4.74 Å². The molecule has 0 spiro atoms. The van der Waals surface area contributed by atoms with Crippen LogP contribution < -0.4 is 5.73 Å². The Morgan fingerprint density at radius 2 is 2.39 bits per heavy atom. The van der Waals surface area contributed by atoms with Crippen LogP contribution in [0, 0.1) is 0 Å². The van der Waals surface area contributed by atoms with Gasteiger partial charge in [0.15, 0.2) is 5.96 Å². The number of nitrogens with zero attached hydrogens (tertiary/aromatic N) is 2. The van der Waals surface area contributed by atoms with Gasteiger partial charge in [-0.15, -0.1) is 0 Å². The molecule has 1 heterocycles. The van der Waals surface area contributed by atoms with E-state index in [4.69, 9.17) is 22.1 Å². The van der Waals surface area contributed by atoms with Crippen LogP contribution in [0.15, 0.2) is 27.7 Å². The van der Waals surface area contributed by atoms with Crippen molar-refractivity contribution in [1.82, 2.24) is 4.90 Å². The summed E-state index contributed by atoms with van der Waals surface area (Å²) in [5.74, 6) is 0.552. The maximum Gasteiger partial charge on any atom is 0.192 e. The lowest BCUT2D eigenvalue weighted by molar-refractivity contribution is 0.166. The van der Waals surface area contributed by atoms with Crippen LogP contribution in [-0.4, -0.2) is 37.7 Å². The number of ether oxygens (including phenoxy) is 1. The zero-order chi connectivity index (χ0) is 13.1. The number of halogens is 2. The van der Waals surface area contributed by atoms with Gasteiger partial charge in [0.2, 0.25) is 0 Å². The third-order valence-electron chi connectivity index (χ3n) is 2.95. The van der Waals surface area contributed by atoms with Crippen molar-refractivity contribution in [2.24, 2.45) is 10.7 Å². The molecule has 0 saturated heterocycles. The number of hydrogen-bond donors (Lipinski definition) is 1. The second kappa shape index (κ2) is 5.91. The van der Waals surface area contributed by atoms with E-state index in [1.54, 1.807) is 7.11 Å². The molecule has 0 aliphatic carbocycles. The maximum absolute atomic E-state index is 6.28. The van der Waals surface area contributed by atoms with Crippen LogP contribution in [0.4, 0.5) is 0 Å². The Balaban J connectivity index is 2.21. The summed E-state index contributed by atoms with van der Waals surface area (Å²) in [4.78, 5) is 6.31. The molecule has 1 aromatic carbocycles. The lowest BCUT2D eigenvalue weighted by Crippen LogP contribution is -2.38. The first-order valence-corrected chi connectivity index (χ1v) is 6.81. The van der Waals surface area contributed by atoms with Crippen molar-refractivity contribution in [3.05, 3.63) is 33.3 Å². The molecule has 2 N–H and O–H groups in total. The Hall–Kier alpha value is -0.780. The van der Waals surface area contributed by atoms with Crippen LogP contribution in [0.3, 0.4) is 0 Å². The molecule has 1 atom stereocenters. The average Bonchev–Trinajstić information content (AvgIpc) is 2.68. The third kappa shape index (κ3) is 2.79. The molecule has 0 radical (unpaired) electrons. The molecule has 4 nitrogen and oxygen atoms in total. The standard InChI is InChI=1S/C12H15BrClN3O/c1-18-5-4-17-11(7-16-12(17)15)9-3-2-8(13)6-10(9)14/h2-3,6,11H,4-5,7H2,1H3,(H2,15,16). The van der Waals surface area contributed by atoms with Crippen molar-refractivity contribution in [1.29, 1.82) is 0 Å². The van der Waals surface area contributed by atoms with E-state index in [1.165, 1.54) is 0 Å². The number of methoxy groups -OCH3 is 1. The summed E-state index contributed by atoms with van der Waals surface area (Å²) in [5, 5.41) is 0.724. The summed E-state index contributed by atoms with van der Waals surface area (Å²) in [6.45, 7) is 1.96. The van der Waals surface area contributed by atoms with Gasteiger partial charge in [0.1, 0.15) is 0 Å². The van der Waals surface area contributed by atoms with Gasteiger partial charge in [0.05, 0.1) is 19.2 Å². The van der Waals surface area contributed by atoms with E-state index in [-0.39, 0.29) is 6.04 Å². The molecule has 1 aromatic rings. The van der Waals surface area contributed by atoms with E-state index in [0.29, 0.717) is 25.7 Å². The predicted octanol–water partition coefficient (Wildman–Crippen LogP) is 2.42. The Morgan fingerprint density at radius 3 is 3.06 bits per heavy atom. The normalized spacial score (nSPS) is 19.2. The molecule has 0 fully saturated rings. The molecule has 98 valence electrons. The molecule has 0 saturated carbocycles. The summed E-state index contributed by atoms with van der Waals surface area (Å²) >= 11 is 9.68. The van der Waals surface area contributed by atoms with Crippen molar-refractivity contribution in [2.45, 2.75) is 6.04 Å². The fraction of sp³-hybridized carbons (Fsp3) is 0.417. The zero-order valence-corrected chi connectivity index (χ0v) is 12.4. The van der Waals surface area contributed by atoms with E-state index in [2.05, 4.69) is 20.9 Å². The molecule has 1 aliphatic heterocycles. The lowest BCUT2D eigenvalue weighted by atomic mass is 10.1. The van der Waals surface area contributed by atoms with Gasteiger partial charge >= 0.3 is 0 Å². The van der Waals surface area contributed by atoms with Crippen LogP contribution >= 0.6 is 27.5 Å². The van der Waals surface area contributed by atoms with Gasteiger partial charge in [0.25, 0.3) is 0 Å². The van der Waals surface area contributed by atoms with E-state index in [0.717, 1.165) is 15.1 Å². The fourth-order valence-electron chi connectivity index (χ4n) is 2.03. The lowest BCUT2D eigenvalue weighted by Gasteiger charge is -2.26. The monoisotopic (exact) mass is 331 g/mol. The summed E-state index contributed by atoms with van der Waals surface area (Å²) < 4.78 is 6.06. The number of guanidine groups is 1. The Bertz CT molecular complexity index is 467. The molecule has 0 aromatic heterocycles. The minimum atomic E-state index is 0.0979. The first-order chi connectivity index (χ1) is 8.63. The second-order valence-electron chi connectivity index (χ2n) is 4.07. The van der Waals surface area contributed by atoms with E-state index >= 15 is 0 Å². The molecule has 0 bridgehead atoms. The maximum atomic E-state index is 6.28. The van der Waals surface area contributed by atoms with Crippen LogP contribution in [0.25, 0.3) is 0 Å². The van der Waals surface area contributed by atoms with Gasteiger partial charge in [-0.1, -0.05) is 33.6 Å². The van der Waals surface area contributed by atoms with Gasteiger partial charge < -0.3 is 15.4 Å². The topological polar surface area (TPSA) is 50.9 Å². The highest BCUT2D eigenvalue weighted by Gasteiger charge is 2.28. The van der Waals surface area contributed by atoms with Gasteiger partial charge in [-0.2, -0.15) is 0 Å². The molecule has 6 heteroatoms. The summed E-state index contributed by atoms with van der Waals surface area (Å²) in [7, 11) is 1.67. The van der Waals surface area contributed by atoms with Crippen LogP contribution in [0.5, 0.6) is 0 Å². The highest BCUT2D eigenvalue weighted by atomic mass is 79.9. The zero-order valence-electron chi connectivity index (χ0n) is 10.1. The number of rotatable bonds is 4. The average molecular weight is 333 g/mol. The van der Waals surface area contributed by atoms with Crippen LogP contribution in [0.1, 0.15) is 11.6 Å². The molecule has 1 unspecified atom stereocenters. The predicted molar refractivity (Wildman–Crippen MR) is 77.0 cm³/mol. The molecular formula is C12H15BrClN3O. The highest BCUT2D eigenvalue weighted by molar-refractivity contribution is 9.10. The molecular weight excluding hydrogens is 318 g/mol. The SMILES string of the molecule is COCCN1C(N)=NCC1c1ccc(Br)cc1Cl. The molecule has 18 heavy (non-hydrogen) atoms. The second-order valence-corrected chi connectivity index (χ2v) is 5.39. The first-order valence-electron chi connectivity index (χ1n) is 5.64. The van der Waals surface area contributed by atoms with E-state index in [1.807, 2.05) is 23.1 Å². The molecule has 0 amide bonds. The molecule has 2 rings (SSSR count). The number of nitrogens with two attached hydrogens (primary N) is 1. The minimum Gasteiger partial charge on any atom is -0.383 e. The van der Waals surface area contributed by atoms with Gasteiger partial charge in [-0.25, -0.2) is 0 Å². The molecule has 1 aliphatic rings. The van der Waals surface area contributed by atoms with Crippen molar-refractivity contribution in [2.75, 3.05) is 26.8 Å². The smallest absolute Gasteiger partial charge is 0.192 e. The minimum absolute atomic E-state index is 0.0979. The third-order valence-corrected chi connectivity index (χ3v) is 3.78. The van der Waals surface area contributed by atoms with Gasteiger partial charge in [0, 0.05) is 23.1 Å². The Labute approximate surface area is 120 Å². The number of benzene rings is 1. The fourth-order valence-corrected chi connectivity index (χ4v) is 2.83. The largest absolute Gasteiger partial charge is 0.383 e. The first kappa shape index (κ1) is 13.6. The quantitative estimate of drug-likeness (QED) is 0.921. The number of hydrogen-bond acceptors (Lipinski definition) is 4. The van der Waals surface area contributed by atoms with E-state index < -0.39 is 0 Å². The van der Waals surface area contributed by atoms with Gasteiger partial charge in [-0.3, -0.25) is 4.99 Å². The summed E-state index contributed by atoms with van der Waals surface area (Å²) in [6.07, 6.45) is 0. The van der Waals surface area contributed by atoms with E-state index in [9.17, 15) is 0 Å². The van der Waals surface area contributed by atoms with Crippen molar-refractivity contribution in [3.63, 3.8) is 0 Å². The van der Waals surface area contributed by atoms with Gasteiger partial charge in [-0.05, 0) is 17.7 Å². The van der Waals surface area contributed by atoms with Crippen LogP contribution in [0.2, 0.25) is 5.02 Å². The Morgan fingerprint density at radius 1 is 1.61 bits per heavy atom. The highest BCUT2D eigenvalue weighted by Crippen LogP contribution is 2.32. The summed E-state index contributed by atoms with van der Waals surface area (Å²) in [5.41, 5.74) is 6.94.